The molecule has 2 aromatic heterocycles. The van der Waals surface area contributed by atoms with E-state index in [9.17, 15) is 8.42 Å². The predicted octanol–water partition coefficient (Wildman–Crippen LogP) is 2.82. The molecule has 5 nitrogen and oxygen atoms in total. The summed E-state index contributed by atoms with van der Waals surface area (Å²) < 4.78 is 27.7. The van der Waals surface area contributed by atoms with Gasteiger partial charge in [0.1, 0.15) is 10.6 Å². The summed E-state index contributed by atoms with van der Waals surface area (Å²) in [6, 6.07) is 10.7. The van der Waals surface area contributed by atoms with Crippen LogP contribution in [0.25, 0.3) is 22.4 Å². The van der Waals surface area contributed by atoms with Gasteiger partial charge in [0.05, 0.1) is 11.6 Å². The van der Waals surface area contributed by atoms with Crippen LogP contribution in [0.15, 0.2) is 52.0 Å². The van der Waals surface area contributed by atoms with Gasteiger partial charge in [0.15, 0.2) is 0 Å². The molecular formula is C12H7ClN2O3S. The van der Waals surface area contributed by atoms with Crippen molar-refractivity contribution in [3.63, 3.8) is 0 Å². The summed E-state index contributed by atoms with van der Waals surface area (Å²) in [5, 5.41) is 4.42. The Morgan fingerprint density at radius 2 is 1.89 bits per heavy atom. The molecule has 0 aliphatic heterocycles. The lowest BCUT2D eigenvalue weighted by Gasteiger charge is -1.97. The second-order valence-electron chi connectivity index (χ2n) is 3.86. The maximum absolute atomic E-state index is 11.3. The highest BCUT2D eigenvalue weighted by Gasteiger charge is 2.16. The van der Waals surface area contributed by atoms with Crippen LogP contribution in [0.4, 0.5) is 0 Å². The molecule has 3 rings (SSSR count). The van der Waals surface area contributed by atoms with Crippen LogP contribution in [0.3, 0.4) is 0 Å². The van der Waals surface area contributed by atoms with Gasteiger partial charge in [0, 0.05) is 16.2 Å². The van der Waals surface area contributed by atoms with Crippen LogP contribution in [0.2, 0.25) is 0 Å². The molecule has 0 aliphatic rings. The third kappa shape index (κ3) is 2.20. The van der Waals surface area contributed by atoms with Gasteiger partial charge in [-0.3, -0.25) is 0 Å². The van der Waals surface area contributed by atoms with Crippen LogP contribution in [-0.2, 0) is 9.05 Å². The maximum Gasteiger partial charge on any atom is 0.262 e. The number of hydrogen-bond donors (Lipinski definition) is 0. The molecule has 0 bridgehead atoms. The number of fused-ring (bicyclic) bond motifs is 1. The van der Waals surface area contributed by atoms with Gasteiger partial charge in [-0.1, -0.05) is 35.5 Å². The zero-order chi connectivity index (χ0) is 13.5. The van der Waals surface area contributed by atoms with Crippen LogP contribution in [0.1, 0.15) is 0 Å². The second-order valence-corrected chi connectivity index (χ2v) is 6.42. The molecule has 0 unspecified atom stereocenters. The van der Waals surface area contributed by atoms with Gasteiger partial charge >= 0.3 is 0 Å². The van der Waals surface area contributed by atoms with Crippen molar-refractivity contribution in [3.05, 3.63) is 42.6 Å². The fraction of sp³-hybridized carbons (Fsp3) is 0. The summed E-state index contributed by atoms with van der Waals surface area (Å²) in [6.45, 7) is 0. The van der Waals surface area contributed by atoms with Crippen LogP contribution < -0.4 is 0 Å². The van der Waals surface area contributed by atoms with Gasteiger partial charge in [-0.2, -0.15) is 0 Å². The molecule has 0 spiro atoms. The summed E-state index contributed by atoms with van der Waals surface area (Å²) in [5.74, 6) is 0. The van der Waals surface area contributed by atoms with Gasteiger partial charge in [0.25, 0.3) is 14.8 Å². The number of benzene rings is 1. The molecule has 0 fully saturated rings. The van der Waals surface area contributed by atoms with Crippen molar-refractivity contribution in [2.45, 2.75) is 4.90 Å². The van der Waals surface area contributed by atoms with Gasteiger partial charge in [-0.15, -0.1) is 0 Å². The molecule has 0 aliphatic carbocycles. The average molecular weight is 295 g/mol. The van der Waals surface area contributed by atoms with Crippen molar-refractivity contribution in [2.75, 3.05) is 0 Å². The minimum absolute atomic E-state index is 0.0814. The monoisotopic (exact) mass is 294 g/mol. The zero-order valence-corrected chi connectivity index (χ0v) is 11.0. The van der Waals surface area contributed by atoms with Crippen LogP contribution in [0.5, 0.6) is 0 Å². The lowest BCUT2D eigenvalue weighted by molar-refractivity contribution is 0.451. The number of hydrogen-bond acceptors (Lipinski definition) is 5. The third-order valence-electron chi connectivity index (χ3n) is 2.63. The second kappa shape index (κ2) is 4.32. The van der Waals surface area contributed by atoms with Gasteiger partial charge in [-0.25, -0.2) is 13.4 Å². The van der Waals surface area contributed by atoms with Crippen molar-refractivity contribution < 1.29 is 12.9 Å². The molecule has 0 saturated heterocycles. The number of rotatable bonds is 2. The Labute approximate surface area is 113 Å². The van der Waals surface area contributed by atoms with Crippen molar-refractivity contribution in [1.29, 1.82) is 0 Å². The Bertz CT molecular complexity index is 844. The average Bonchev–Trinajstić information content (AvgIpc) is 2.81. The van der Waals surface area contributed by atoms with E-state index in [4.69, 9.17) is 15.2 Å². The lowest BCUT2D eigenvalue weighted by atomic mass is 10.1. The van der Waals surface area contributed by atoms with Crippen LogP contribution >= 0.6 is 10.7 Å². The number of aromatic nitrogens is 2. The van der Waals surface area contributed by atoms with Crippen molar-refractivity contribution in [1.82, 2.24) is 10.1 Å². The highest BCUT2D eigenvalue weighted by molar-refractivity contribution is 8.13. The molecular weight excluding hydrogens is 288 g/mol. The first-order valence-corrected chi connectivity index (χ1v) is 7.62. The van der Waals surface area contributed by atoms with Crippen molar-refractivity contribution >= 4 is 30.8 Å². The topological polar surface area (TPSA) is 73.1 Å². The lowest BCUT2D eigenvalue weighted by Crippen LogP contribution is -1.91. The minimum atomic E-state index is -3.83. The fourth-order valence-electron chi connectivity index (χ4n) is 1.75. The molecule has 0 radical (unpaired) electrons. The summed E-state index contributed by atoms with van der Waals surface area (Å²) >= 11 is 0. The van der Waals surface area contributed by atoms with E-state index >= 15 is 0 Å². The van der Waals surface area contributed by atoms with E-state index in [1.54, 1.807) is 0 Å². The Hall–Kier alpha value is -1.92. The summed E-state index contributed by atoms with van der Waals surface area (Å²) in [4.78, 5) is 3.82. The molecule has 96 valence electrons. The summed E-state index contributed by atoms with van der Waals surface area (Å²) in [6.07, 6.45) is 1.14. The Morgan fingerprint density at radius 3 is 2.58 bits per heavy atom. The molecule has 19 heavy (non-hydrogen) atoms. The van der Waals surface area contributed by atoms with E-state index in [1.165, 1.54) is 6.07 Å². The predicted molar refractivity (Wildman–Crippen MR) is 70.3 cm³/mol. The molecule has 0 atom stereocenters. The van der Waals surface area contributed by atoms with E-state index in [0.29, 0.717) is 11.1 Å². The number of halogens is 1. The largest absolute Gasteiger partial charge is 0.335 e. The summed E-state index contributed by atoms with van der Waals surface area (Å²) in [7, 11) is 1.47. The van der Waals surface area contributed by atoms with E-state index < -0.39 is 9.05 Å². The Morgan fingerprint density at radius 1 is 1.16 bits per heavy atom. The first-order chi connectivity index (χ1) is 9.05. The first-order valence-electron chi connectivity index (χ1n) is 5.31. The number of nitrogens with zero attached hydrogens (tertiary/aromatic N) is 2. The first kappa shape index (κ1) is 12.1. The van der Waals surface area contributed by atoms with E-state index in [2.05, 4.69) is 10.1 Å². The molecule has 0 amide bonds. The highest BCUT2D eigenvalue weighted by atomic mass is 35.7. The Kier molecular flexibility index (Phi) is 2.76. The number of pyridine rings is 1. The van der Waals surface area contributed by atoms with Crippen LogP contribution in [-0.4, -0.2) is 18.6 Å². The SMILES string of the molecule is O=S(=O)(Cl)c1cnc2onc(-c3ccccc3)c2c1. The zero-order valence-electron chi connectivity index (χ0n) is 9.45. The molecule has 3 aromatic rings. The van der Waals surface area contributed by atoms with E-state index in [1.807, 2.05) is 30.3 Å². The standard InChI is InChI=1S/C12H7ClN2O3S/c13-19(16,17)9-6-10-11(8-4-2-1-3-5-8)15-18-12(10)14-7-9/h1-7H. The molecule has 0 N–H and O–H groups in total. The fourth-order valence-corrected chi connectivity index (χ4v) is 2.44. The quantitative estimate of drug-likeness (QED) is 0.680. The van der Waals surface area contributed by atoms with Crippen molar-refractivity contribution in [3.8, 4) is 11.3 Å². The molecule has 1 aromatic carbocycles. The minimum Gasteiger partial charge on any atom is -0.335 e. The van der Waals surface area contributed by atoms with Crippen molar-refractivity contribution in [2.24, 2.45) is 0 Å². The van der Waals surface area contributed by atoms with Gasteiger partial charge in [-0.05, 0) is 6.07 Å². The van der Waals surface area contributed by atoms with E-state index in [-0.39, 0.29) is 10.6 Å². The van der Waals surface area contributed by atoms with Gasteiger partial charge < -0.3 is 4.52 Å². The Balaban J connectivity index is 2.28. The van der Waals surface area contributed by atoms with Gasteiger partial charge in [0.2, 0.25) is 0 Å². The normalized spacial score (nSPS) is 11.8. The smallest absolute Gasteiger partial charge is 0.262 e. The molecule has 0 saturated carbocycles. The molecule has 7 heteroatoms. The van der Waals surface area contributed by atoms with Crippen LogP contribution in [0, 0.1) is 0 Å². The molecule has 2 heterocycles. The van der Waals surface area contributed by atoms with E-state index in [0.717, 1.165) is 11.8 Å². The maximum atomic E-state index is 11.3. The summed E-state index contributed by atoms with van der Waals surface area (Å²) in [5.41, 5.74) is 1.61. The third-order valence-corrected chi connectivity index (χ3v) is 3.95. The highest BCUT2D eigenvalue weighted by Crippen LogP contribution is 2.28.